The molecular weight excluding hydrogens is 200 g/mol. The highest BCUT2D eigenvalue weighted by atomic mass is 15.0. The van der Waals surface area contributed by atoms with E-state index in [1.54, 1.807) is 6.92 Å². The molecule has 0 bridgehead atoms. The van der Waals surface area contributed by atoms with E-state index in [1.165, 1.54) is 5.57 Å². The summed E-state index contributed by atoms with van der Waals surface area (Å²) < 4.78 is 0. The molecule has 0 saturated carbocycles. The van der Waals surface area contributed by atoms with E-state index in [9.17, 15) is 0 Å². The molecule has 0 radical (unpaired) electrons. The molecule has 0 heterocycles. The van der Waals surface area contributed by atoms with Crippen molar-refractivity contribution in [2.24, 2.45) is 16.5 Å². The molecule has 0 saturated heterocycles. The van der Waals surface area contributed by atoms with Crippen molar-refractivity contribution in [1.29, 1.82) is 0 Å². The highest BCUT2D eigenvalue weighted by molar-refractivity contribution is 5.78. The van der Waals surface area contributed by atoms with Gasteiger partial charge in [0.1, 0.15) is 5.82 Å². The van der Waals surface area contributed by atoms with E-state index in [0.717, 1.165) is 12.0 Å². The Morgan fingerprint density at radius 3 is 2.25 bits per heavy atom. The molecule has 0 atom stereocenters. The highest BCUT2D eigenvalue weighted by Gasteiger charge is 2.01. The molecule has 4 nitrogen and oxygen atoms in total. The topological polar surface area (TPSA) is 76.4 Å². The number of aliphatic imine (C=N–C) groups is 1. The van der Waals surface area contributed by atoms with Gasteiger partial charge in [0, 0.05) is 17.5 Å². The van der Waals surface area contributed by atoms with Crippen LogP contribution >= 0.6 is 0 Å². The van der Waals surface area contributed by atoms with Crippen LogP contribution in [0.4, 0.5) is 0 Å². The van der Waals surface area contributed by atoms with Gasteiger partial charge in [0.05, 0.1) is 5.84 Å². The predicted molar refractivity (Wildman–Crippen MR) is 70.5 cm³/mol. The van der Waals surface area contributed by atoms with E-state index in [4.69, 9.17) is 11.5 Å². The van der Waals surface area contributed by atoms with Crippen LogP contribution in [-0.2, 0) is 0 Å². The molecule has 0 unspecified atom stereocenters. The summed E-state index contributed by atoms with van der Waals surface area (Å²) in [6, 6.07) is 0. The monoisotopic (exact) mass is 222 g/mol. The second-order valence-electron chi connectivity index (χ2n) is 3.74. The lowest BCUT2D eigenvalue weighted by Gasteiger charge is -2.09. The molecule has 4 heteroatoms. The van der Waals surface area contributed by atoms with Crippen LogP contribution in [-0.4, -0.2) is 5.84 Å². The van der Waals surface area contributed by atoms with Gasteiger partial charge in [0.25, 0.3) is 0 Å². The number of allylic oxidation sites excluding steroid dienone is 2. The molecular formula is C12H22N4. The van der Waals surface area contributed by atoms with E-state index in [-0.39, 0.29) is 0 Å². The summed E-state index contributed by atoms with van der Waals surface area (Å²) in [5.74, 6) is 1.12. The normalized spacial score (nSPS) is 14.5. The summed E-state index contributed by atoms with van der Waals surface area (Å²) in [4.78, 5) is 4.18. The largest absolute Gasteiger partial charge is 0.399 e. The Balaban J connectivity index is 5.06. The number of rotatable bonds is 5. The minimum atomic E-state index is 0.477. The van der Waals surface area contributed by atoms with Gasteiger partial charge in [-0.05, 0) is 27.2 Å². The lowest BCUT2D eigenvalue weighted by Crippen LogP contribution is -2.14. The summed E-state index contributed by atoms with van der Waals surface area (Å²) in [6.45, 7) is 11.4. The molecule has 16 heavy (non-hydrogen) atoms. The van der Waals surface area contributed by atoms with E-state index >= 15 is 0 Å². The van der Waals surface area contributed by atoms with Crippen LogP contribution in [0.2, 0.25) is 0 Å². The highest BCUT2D eigenvalue weighted by Crippen LogP contribution is 2.08. The summed E-state index contributed by atoms with van der Waals surface area (Å²) in [5, 5.41) is 3.09. The maximum Gasteiger partial charge on any atom is 0.136 e. The first-order chi connectivity index (χ1) is 7.38. The van der Waals surface area contributed by atoms with Crippen molar-refractivity contribution in [2.75, 3.05) is 0 Å². The average molecular weight is 222 g/mol. The van der Waals surface area contributed by atoms with Crippen LogP contribution < -0.4 is 16.8 Å². The summed E-state index contributed by atoms with van der Waals surface area (Å²) in [7, 11) is 0. The number of nitrogens with two attached hydrogens (primary N) is 2. The fourth-order valence-electron chi connectivity index (χ4n) is 0.846. The Hall–Kier alpha value is -1.71. The second kappa shape index (κ2) is 6.71. The fourth-order valence-corrected chi connectivity index (χ4v) is 0.846. The third kappa shape index (κ3) is 5.24. The minimum absolute atomic E-state index is 0.477. The Labute approximate surface area is 97.8 Å². The molecule has 0 aromatic rings. The third-order valence-electron chi connectivity index (χ3n) is 2.14. The van der Waals surface area contributed by atoms with E-state index in [2.05, 4.69) is 23.8 Å². The number of nitrogens with one attached hydrogen (secondary N) is 1. The van der Waals surface area contributed by atoms with Crippen LogP contribution in [0.15, 0.2) is 40.4 Å². The Morgan fingerprint density at radius 1 is 1.31 bits per heavy atom. The maximum atomic E-state index is 5.63. The standard InChI is InChI=1S/C12H22N4/c1-6-8(2)7-15-12(16-11(5)14)9(3)10(4)13/h7,15H,4,6,13H2,1-3,5H3,(H2,14,16)/b8-7-,12-9-. The van der Waals surface area contributed by atoms with Crippen molar-refractivity contribution in [3.8, 4) is 0 Å². The van der Waals surface area contributed by atoms with Gasteiger partial charge in [-0.15, -0.1) is 0 Å². The lowest BCUT2D eigenvalue weighted by atomic mass is 10.2. The molecule has 0 aliphatic carbocycles. The van der Waals surface area contributed by atoms with Gasteiger partial charge >= 0.3 is 0 Å². The number of amidine groups is 1. The Kier molecular flexibility index (Phi) is 6.00. The summed E-state index contributed by atoms with van der Waals surface area (Å²) >= 11 is 0. The van der Waals surface area contributed by atoms with Crippen molar-refractivity contribution in [1.82, 2.24) is 5.32 Å². The molecule has 0 rings (SSSR count). The zero-order valence-electron chi connectivity index (χ0n) is 10.6. The van der Waals surface area contributed by atoms with Crippen LogP contribution in [0.5, 0.6) is 0 Å². The van der Waals surface area contributed by atoms with Gasteiger partial charge in [0.2, 0.25) is 0 Å². The molecule has 0 aromatic heterocycles. The molecule has 0 aliphatic heterocycles. The van der Waals surface area contributed by atoms with Gasteiger partial charge < -0.3 is 16.8 Å². The van der Waals surface area contributed by atoms with Crippen molar-refractivity contribution < 1.29 is 0 Å². The van der Waals surface area contributed by atoms with Gasteiger partial charge in [0.15, 0.2) is 0 Å². The number of nitrogens with zero attached hydrogens (tertiary/aromatic N) is 1. The zero-order valence-corrected chi connectivity index (χ0v) is 10.6. The fraction of sp³-hybridized carbons (Fsp3) is 0.417. The first-order valence-corrected chi connectivity index (χ1v) is 5.27. The Morgan fingerprint density at radius 2 is 1.88 bits per heavy atom. The first-order valence-electron chi connectivity index (χ1n) is 5.27. The second-order valence-corrected chi connectivity index (χ2v) is 3.74. The Bertz CT molecular complexity index is 344. The molecule has 5 N–H and O–H groups in total. The summed E-state index contributed by atoms with van der Waals surface area (Å²) in [6.07, 6.45) is 2.88. The van der Waals surface area contributed by atoms with Crippen molar-refractivity contribution >= 4 is 5.84 Å². The first kappa shape index (κ1) is 14.3. The lowest BCUT2D eigenvalue weighted by molar-refractivity contribution is 0.950. The van der Waals surface area contributed by atoms with Crippen LogP contribution in [0, 0.1) is 0 Å². The minimum Gasteiger partial charge on any atom is -0.399 e. The molecule has 0 spiro atoms. The third-order valence-corrected chi connectivity index (χ3v) is 2.14. The molecule has 0 aliphatic rings. The van der Waals surface area contributed by atoms with Gasteiger partial charge in [-0.25, -0.2) is 4.99 Å². The van der Waals surface area contributed by atoms with Gasteiger partial charge in [-0.3, -0.25) is 0 Å². The number of hydrogen-bond acceptors (Lipinski definition) is 3. The van der Waals surface area contributed by atoms with E-state index < -0.39 is 0 Å². The van der Waals surface area contributed by atoms with Crippen LogP contribution in [0.3, 0.4) is 0 Å². The van der Waals surface area contributed by atoms with Crippen molar-refractivity contribution in [3.63, 3.8) is 0 Å². The predicted octanol–water partition coefficient (Wildman–Crippen LogP) is 1.97. The summed E-state index contributed by atoms with van der Waals surface area (Å²) in [5.41, 5.74) is 13.7. The molecule has 90 valence electrons. The van der Waals surface area contributed by atoms with Crippen LogP contribution in [0.25, 0.3) is 0 Å². The molecule has 0 fully saturated rings. The maximum absolute atomic E-state index is 5.63. The van der Waals surface area contributed by atoms with Crippen LogP contribution in [0.1, 0.15) is 34.1 Å². The average Bonchev–Trinajstić information content (AvgIpc) is 2.21. The van der Waals surface area contributed by atoms with Crippen molar-refractivity contribution in [3.05, 3.63) is 35.4 Å². The molecule has 0 amide bonds. The van der Waals surface area contributed by atoms with Crippen molar-refractivity contribution in [2.45, 2.75) is 34.1 Å². The number of hydrogen-bond donors (Lipinski definition) is 3. The zero-order chi connectivity index (χ0) is 12.7. The van der Waals surface area contributed by atoms with E-state index in [1.807, 2.05) is 20.0 Å². The van der Waals surface area contributed by atoms with Gasteiger partial charge in [-0.1, -0.05) is 19.1 Å². The quantitative estimate of drug-likeness (QED) is 0.378. The van der Waals surface area contributed by atoms with E-state index in [0.29, 0.717) is 17.4 Å². The SMILES string of the molecule is C=C(N)/C(C)=C(\N=C(/C)N)N/C=C(/C)CC. The molecule has 0 aromatic carbocycles. The smallest absolute Gasteiger partial charge is 0.136 e. The van der Waals surface area contributed by atoms with Gasteiger partial charge in [-0.2, -0.15) is 0 Å².